The van der Waals surface area contributed by atoms with Crippen molar-refractivity contribution in [2.45, 2.75) is 17.7 Å². The van der Waals surface area contributed by atoms with Crippen LogP contribution in [0.1, 0.15) is 23.2 Å². The summed E-state index contributed by atoms with van der Waals surface area (Å²) in [5, 5.41) is 2.58. The molecule has 2 fully saturated rings. The van der Waals surface area contributed by atoms with Crippen molar-refractivity contribution in [2.24, 2.45) is 0 Å². The Morgan fingerprint density at radius 3 is 2.23 bits per heavy atom. The zero-order chi connectivity index (χ0) is 18.6. The summed E-state index contributed by atoms with van der Waals surface area (Å²) in [5.41, 5.74) is 0.320. The Labute approximate surface area is 153 Å². The third-order valence-electron chi connectivity index (χ3n) is 4.58. The van der Waals surface area contributed by atoms with Gasteiger partial charge in [-0.05, 0) is 37.1 Å². The predicted octanol–water partition coefficient (Wildman–Crippen LogP) is 0.0597. The van der Waals surface area contributed by atoms with Crippen LogP contribution in [0.15, 0.2) is 29.2 Å². The van der Waals surface area contributed by atoms with Crippen molar-refractivity contribution >= 4 is 21.8 Å². The third kappa shape index (κ3) is 4.22. The van der Waals surface area contributed by atoms with Crippen LogP contribution in [-0.4, -0.2) is 75.4 Å². The van der Waals surface area contributed by atoms with Gasteiger partial charge in [0.25, 0.3) is 5.91 Å². The first-order valence-corrected chi connectivity index (χ1v) is 10.2. The number of hydrogen-bond donors (Lipinski definition) is 1. The highest BCUT2D eigenvalue weighted by Gasteiger charge is 2.27. The highest BCUT2D eigenvalue weighted by molar-refractivity contribution is 7.89. The molecule has 0 aromatic heterocycles. The molecule has 2 saturated heterocycles. The van der Waals surface area contributed by atoms with Gasteiger partial charge >= 0.3 is 0 Å². The van der Waals surface area contributed by atoms with Crippen LogP contribution in [0.25, 0.3) is 0 Å². The van der Waals surface area contributed by atoms with Gasteiger partial charge in [0.1, 0.15) is 0 Å². The normalized spacial score (nSPS) is 18.7. The molecule has 0 aliphatic carbocycles. The van der Waals surface area contributed by atoms with E-state index in [1.54, 1.807) is 4.90 Å². The molecule has 3 rings (SSSR count). The van der Waals surface area contributed by atoms with Crippen LogP contribution in [-0.2, 0) is 19.6 Å². The molecule has 1 aromatic rings. The average molecular weight is 381 g/mol. The Balaban J connectivity index is 1.57. The molecule has 2 heterocycles. The molecule has 26 heavy (non-hydrogen) atoms. The van der Waals surface area contributed by atoms with Crippen LogP contribution in [0.3, 0.4) is 0 Å². The van der Waals surface area contributed by atoms with Gasteiger partial charge in [0.2, 0.25) is 15.9 Å². The first-order chi connectivity index (χ1) is 12.5. The molecule has 2 amide bonds. The molecular formula is C17H23N3O5S. The highest BCUT2D eigenvalue weighted by Crippen LogP contribution is 2.21. The Bertz CT molecular complexity index is 751. The fraction of sp³-hybridized carbons (Fsp3) is 0.529. The molecule has 0 radical (unpaired) electrons. The molecule has 0 unspecified atom stereocenters. The zero-order valence-corrected chi connectivity index (χ0v) is 15.3. The fourth-order valence-corrected chi connectivity index (χ4v) is 4.56. The van der Waals surface area contributed by atoms with E-state index in [1.807, 2.05) is 0 Å². The van der Waals surface area contributed by atoms with Gasteiger partial charge in [-0.25, -0.2) is 8.42 Å². The molecule has 0 saturated carbocycles. The van der Waals surface area contributed by atoms with Gasteiger partial charge in [0.05, 0.1) is 24.7 Å². The summed E-state index contributed by atoms with van der Waals surface area (Å²) in [5.74, 6) is -0.563. The van der Waals surface area contributed by atoms with E-state index in [1.165, 1.54) is 28.6 Å². The van der Waals surface area contributed by atoms with E-state index in [-0.39, 0.29) is 17.3 Å². The highest BCUT2D eigenvalue weighted by atomic mass is 32.2. The van der Waals surface area contributed by atoms with Crippen molar-refractivity contribution in [3.63, 3.8) is 0 Å². The molecule has 1 N–H and O–H groups in total. The molecule has 0 atom stereocenters. The van der Waals surface area contributed by atoms with Crippen molar-refractivity contribution in [3.05, 3.63) is 29.8 Å². The zero-order valence-electron chi connectivity index (χ0n) is 14.5. The number of sulfonamides is 1. The first kappa shape index (κ1) is 18.8. The largest absolute Gasteiger partial charge is 0.378 e. The van der Waals surface area contributed by atoms with Crippen LogP contribution in [0.2, 0.25) is 0 Å². The quantitative estimate of drug-likeness (QED) is 0.778. The first-order valence-electron chi connectivity index (χ1n) is 8.72. The number of ether oxygens (including phenoxy) is 1. The van der Waals surface area contributed by atoms with Gasteiger partial charge in [-0.2, -0.15) is 4.31 Å². The monoisotopic (exact) mass is 381 g/mol. The minimum absolute atomic E-state index is 0.0906. The second-order valence-electron chi connectivity index (χ2n) is 6.31. The molecule has 2 aliphatic heterocycles. The summed E-state index contributed by atoms with van der Waals surface area (Å²) in [6.07, 6.45) is 1.74. The van der Waals surface area contributed by atoms with E-state index in [2.05, 4.69) is 5.32 Å². The number of rotatable bonds is 5. The minimum Gasteiger partial charge on any atom is -0.378 e. The number of benzene rings is 1. The van der Waals surface area contributed by atoms with Crippen molar-refractivity contribution in [3.8, 4) is 0 Å². The smallest absolute Gasteiger partial charge is 0.251 e. The van der Waals surface area contributed by atoms with Gasteiger partial charge in [-0.3, -0.25) is 9.59 Å². The van der Waals surface area contributed by atoms with Crippen LogP contribution < -0.4 is 5.32 Å². The van der Waals surface area contributed by atoms with Gasteiger partial charge in [-0.15, -0.1) is 0 Å². The number of nitrogens with zero attached hydrogens (tertiary/aromatic N) is 2. The van der Waals surface area contributed by atoms with Crippen molar-refractivity contribution in [1.29, 1.82) is 0 Å². The molecule has 0 spiro atoms. The van der Waals surface area contributed by atoms with Crippen molar-refractivity contribution < 1.29 is 22.7 Å². The SMILES string of the molecule is O=C(NCC(=O)N1CCOCC1)c1ccc(S(=O)(=O)N2CCCC2)cc1. The van der Waals surface area contributed by atoms with Gasteiger partial charge < -0.3 is 15.0 Å². The second kappa shape index (κ2) is 8.15. The second-order valence-corrected chi connectivity index (χ2v) is 8.25. The lowest BCUT2D eigenvalue weighted by atomic mass is 10.2. The van der Waals surface area contributed by atoms with E-state index in [0.29, 0.717) is 45.0 Å². The summed E-state index contributed by atoms with van der Waals surface area (Å²) in [6.45, 7) is 3.05. The summed E-state index contributed by atoms with van der Waals surface area (Å²) < 4.78 is 31.6. The molecular weight excluding hydrogens is 358 g/mol. The summed E-state index contributed by atoms with van der Waals surface area (Å²) >= 11 is 0. The predicted molar refractivity (Wildman–Crippen MR) is 94.2 cm³/mol. The van der Waals surface area contributed by atoms with Gasteiger partial charge in [0.15, 0.2) is 0 Å². The van der Waals surface area contributed by atoms with E-state index < -0.39 is 15.9 Å². The standard InChI is InChI=1S/C17H23N3O5S/c21-16(19-9-11-25-12-10-19)13-18-17(22)14-3-5-15(6-4-14)26(23,24)20-7-1-2-8-20/h3-6H,1-2,7-13H2,(H,18,22). The van der Waals surface area contributed by atoms with E-state index in [4.69, 9.17) is 4.74 Å². The maximum Gasteiger partial charge on any atom is 0.251 e. The minimum atomic E-state index is -3.49. The number of morpholine rings is 1. The summed E-state index contributed by atoms with van der Waals surface area (Å²) in [4.78, 5) is 26.0. The van der Waals surface area contributed by atoms with Crippen LogP contribution >= 0.6 is 0 Å². The van der Waals surface area contributed by atoms with Gasteiger partial charge in [0, 0.05) is 31.7 Å². The summed E-state index contributed by atoms with van der Waals surface area (Å²) in [7, 11) is -3.49. The Hall–Kier alpha value is -1.97. The Kier molecular flexibility index (Phi) is 5.90. The summed E-state index contributed by atoms with van der Waals surface area (Å²) in [6, 6.07) is 5.81. The number of carbonyl (C=O) groups is 2. The number of amides is 2. The third-order valence-corrected chi connectivity index (χ3v) is 6.50. The lowest BCUT2D eigenvalue weighted by molar-refractivity contribution is -0.134. The number of nitrogens with one attached hydrogen (secondary N) is 1. The molecule has 8 nitrogen and oxygen atoms in total. The Morgan fingerprint density at radius 1 is 1.00 bits per heavy atom. The topological polar surface area (TPSA) is 96.0 Å². The lowest BCUT2D eigenvalue weighted by Gasteiger charge is -2.26. The molecule has 0 bridgehead atoms. The van der Waals surface area contributed by atoms with E-state index >= 15 is 0 Å². The maximum atomic E-state index is 12.5. The maximum absolute atomic E-state index is 12.5. The van der Waals surface area contributed by atoms with E-state index in [0.717, 1.165) is 12.8 Å². The molecule has 2 aliphatic rings. The van der Waals surface area contributed by atoms with Crippen molar-refractivity contribution in [1.82, 2.24) is 14.5 Å². The fourth-order valence-electron chi connectivity index (χ4n) is 3.04. The van der Waals surface area contributed by atoms with Crippen LogP contribution in [0.5, 0.6) is 0 Å². The van der Waals surface area contributed by atoms with Crippen molar-refractivity contribution in [2.75, 3.05) is 45.9 Å². The Morgan fingerprint density at radius 2 is 1.62 bits per heavy atom. The molecule has 142 valence electrons. The number of hydrogen-bond acceptors (Lipinski definition) is 5. The molecule has 1 aromatic carbocycles. The molecule has 9 heteroatoms. The lowest BCUT2D eigenvalue weighted by Crippen LogP contribution is -2.45. The number of carbonyl (C=O) groups excluding carboxylic acids is 2. The van der Waals surface area contributed by atoms with E-state index in [9.17, 15) is 18.0 Å². The van der Waals surface area contributed by atoms with Gasteiger partial charge in [-0.1, -0.05) is 0 Å². The van der Waals surface area contributed by atoms with Crippen LogP contribution in [0, 0.1) is 0 Å². The van der Waals surface area contributed by atoms with Crippen LogP contribution in [0.4, 0.5) is 0 Å². The average Bonchev–Trinajstić information content (AvgIpc) is 3.22.